The molecule has 0 bridgehead atoms. The number of furan rings is 1. The van der Waals surface area contributed by atoms with Crippen LogP contribution >= 0.6 is 0 Å². The number of amides is 2. The van der Waals surface area contributed by atoms with Gasteiger partial charge in [-0.15, -0.1) is 0 Å². The Kier molecular flexibility index (Phi) is 5.64. The third-order valence-corrected chi connectivity index (χ3v) is 3.32. The Morgan fingerprint density at radius 1 is 1.48 bits per heavy atom. The van der Waals surface area contributed by atoms with Crippen LogP contribution in [0.5, 0.6) is 0 Å². The Balaban J connectivity index is 1.68. The Morgan fingerprint density at radius 3 is 2.91 bits per heavy atom. The molecule has 1 aliphatic heterocycles. The van der Waals surface area contributed by atoms with Crippen molar-refractivity contribution in [3.63, 3.8) is 0 Å². The Morgan fingerprint density at radius 2 is 2.26 bits per heavy atom. The Labute approximate surface area is 130 Å². The van der Waals surface area contributed by atoms with E-state index in [1.54, 1.807) is 12.1 Å². The van der Waals surface area contributed by atoms with Crippen molar-refractivity contribution in [3.8, 4) is 0 Å². The van der Waals surface area contributed by atoms with Crippen LogP contribution in [0.15, 0.2) is 22.8 Å². The number of likely N-dealkylation sites (tertiary alicyclic amines) is 1. The number of rotatable bonds is 7. The van der Waals surface area contributed by atoms with Gasteiger partial charge in [0.05, 0.1) is 25.3 Å². The van der Waals surface area contributed by atoms with Gasteiger partial charge in [0, 0.05) is 19.5 Å². The molecule has 0 aliphatic carbocycles. The first-order valence-electron chi connectivity index (χ1n) is 7.07. The maximum Gasteiger partial charge on any atom is 0.411 e. The second kappa shape index (κ2) is 7.49. The molecule has 2 heterocycles. The molecule has 9 heteroatoms. The van der Waals surface area contributed by atoms with Crippen LogP contribution in [-0.4, -0.2) is 49.2 Å². The molecule has 1 N–H and O–H groups in total. The monoisotopic (exact) mass is 334 g/mol. The van der Waals surface area contributed by atoms with Gasteiger partial charge < -0.3 is 19.4 Å². The topological polar surface area (TPSA) is 71.8 Å². The van der Waals surface area contributed by atoms with Crippen molar-refractivity contribution >= 4 is 11.8 Å². The quantitative estimate of drug-likeness (QED) is 0.764. The molecule has 6 nitrogen and oxygen atoms in total. The van der Waals surface area contributed by atoms with Crippen LogP contribution in [0.2, 0.25) is 0 Å². The van der Waals surface area contributed by atoms with Crippen molar-refractivity contribution in [3.05, 3.63) is 24.2 Å². The number of nitrogens with one attached hydrogen (secondary N) is 1. The smallest absolute Gasteiger partial charge is 0.411 e. The fraction of sp³-hybridized carbons (Fsp3) is 0.571. The summed E-state index contributed by atoms with van der Waals surface area (Å²) in [5.74, 6) is -0.411. The van der Waals surface area contributed by atoms with Gasteiger partial charge in [-0.2, -0.15) is 13.2 Å². The summed E-state index contributed by atoms with van der Waals surface area (Å²) in [6.07, 6.45) is -2.80. The number of nitrogens with zero attached hydrogens (tertiary/aromatic N) is 1. The van der Waals surface area contributed by atoms with Crippen molar-refractivity contribution in [2.75, 3.05) is 26.3 Å². The number of carbonyl (C=O) groups excluding carboxylic acids is 2. The highest BCUT2D eigenvalue weighted by Crippen LogP contribution is 2.20. The zero-order chi connectivity index (χ0) is 16.9. The van der Waals surface area contributed by atoms with E-state index in [4.69, 9.17) is 4.42 Å². The zero-order valence-electron chi connectivity index (χ0n) is 12.3. The largest absolute Gasteiger partial charge is 0.467 e. The van der Waals surface area contributed by atoms with Crippen LogP contribution in [0.3, 0.4) is 0 Å². The van der Waals surface area contributed by atoms with Crippen molar-refractivity contribution in [1.82, 2.24) is 10.2 Å². The van der Waals surface area contributed by atoms with E-state index in [0.717, 1.165) is 0 Å². The normalized spacial score (nSPS) is 18.5. The van der Waals surface area contributed by atoms with Gasteiger partial charge in [0.15, 0.2) is 0 Å². The summed E-state index contributed by atoms with van der Waals surface area (Å²) in [6, 6.07) is 3.44. The van der Waals surface area contributed by atoms with Crippen LogP contribution in [0.25, 0.3) is 0 Å². The van der Waals surface area contributed by atoms with Crippen molar-refractivity contribution in [1.29, 1.82) is 0 Å². The molecule has 0 aromatic carbocycles. The molecular formula is C14H17F3N2O4. The van der Waals surface area contributed by atoms with Gasteiger partial charge >= 0.3 is 6.18 Å². The number of hydrogen-bond acceptors (Lipinski definition) is 4. The number of carbonyl (C=O) groups is 2. The summed E-state index contributed by atoms with van der Waals surface area (Å²) in [5, 5.41) is 2.48. The van der Waals surface area contributed by atoms with E-state index < -0.39 is 18.7 Å². The van der Waals surface area contributed by atoms with E-state index in [9.17, 15) is 22.8 Å². The van der Waals surface area contributed by atoms with E-state index >= 15 is 0 Å². The van der Waals surface area contributed by atoms with Gasteiger partial charge in [-0.05, 0) is 12.1 Å². The Hall–Kier alpha value is -2.03. The van der Waals surface area contributed by atoms with Crippen molar-refractivity contribution in [2.45, 2.75) is 19.1 Å². The summed E-state index contributed by atoms with van der Waals surface area (Å²) in [6.45, 7) is -1.05. The SMILES string of the molecule is O=C(NCCOCC(F)(F)F)C1CC(=O)N(Cc2ccco2)C1. The number of hydrogen-bond donors (Lipinski definition) is 1. The molecule has 23 heavy (non-hydrogen) atoms. The fourth-order valence-electron chi connectivity index (χ4n) is 2.27. The molecule has 0 radical (unpaired) electrons. The molecule has 1 aliphatic rings. The molecular weight excluding hydrogens is 317 g/mol. The van der Waals surface area contributed by atoms with Gasteiger partial charge in [-0.1, -0.05) is 0 Å². The predicted molar refractivity (Wildman–Crippen MR) is 72.1 cm³/mol. The summed E-state index contributed by atoms with van der Waals surface area (Å²) < 4.78 is 45.1. The highest BCUT2D eigenvalue weighted by Gasteiger charge is 2.34. The molecule has 1 unspecified atom stereocenters. The number of alkyl halides is 3. The average Bonchev–Trinajstić information content (AvgIpc) is 3.08. The maximum atomic E-state index is 11.9. The van der Waals surface area contributed by atoms with E-state index in [-0.39, 0.29) is 37.9 Å². The van der Waals surface area contributed by atoms with Crippen LogP contribution in [0, 0.1) is 5.92 Å². The van der Waals surface area contributed by atoms with Crippen LogP contribution < -0.4 is 5.32 Å². The molecule has 1 aromatic heterocycles. The lowest BCUT2D eigenvalue weighted by molar-refractivity contribution is -0.173. The first-order valence-corrected chi connectivity index (χ1v) is 7.07. The molecule has 0 spiro atoms. The van der Waals surface area contributed by atoms with Crippen molar-refractivity contribution in [2.24, 2.45) is 5.92 Å². The molecule has 1 saturated heterocycles. The van der Waals surface area contributed by atoms with E-state index in [2.05, 4.69) is 10.1 Å². The highest BCUT2D eigenvalue weighted by molar-refractivity contribution is 5.89. The van der Waals surface area contributed by atoms with Gasteiger partial charge in [0.1, 0.15) is 12.4 Å². The number of halogens is 3. The summed E-state index contributed by atoms with van der Waals surface area (Å²) in [5.41, 5.74) is 0. The van der Waals surface area contributed by atoms with Gasteiger partial charge in [-0.25, -0.2) is 0 Å². The lowest BCUT2D eigenvalue weighted by Gasteiger charge is -2.15. The van der Waals surface area contributed by atoms with Crippen LogP contribution in [0.1, 0.15) is 12.2 Å². The first kappa shape index (κ1) is 17.3. The van der Waals surface area contributed by atoms with Gasteiger partial charge in [0.2, 0.25) is 11.8 Å². The minimum atomic E-state index is -4.38. The predicted octanol–water partition coefficient (Wildman–Crippen LogP) is 1.32. The second-order valence-corrected chi connectivity index (χ2v) is 5.21. The fourth-order valence-corrected chi connectivity index (χ4v) is 2.27. The second-order valence-electron chi connectivity index (χ2n) is 5.21. The standard InChI is InChI=1S/C14H17F3N2O4/c15-14(16,17)9-22-5-3-18-13(21)10-6-12(20)19(7-10)8-11-2-1-4-23-11/h1-2,4,10H,3,5-9H2,(H,18,21). The van der Waals surface area contributed by atoms with Gasteiger partial charge in [-0.3, -0.25) is 9.59 Å². The lowest BCUT2D eigenvalue weighted by atomic mass is 10.1. The maximum absolute atomic E-state index is 11.9. The summed E-state index contributed by atoms with van der Waals surface area (Å²) >= 11 is 0. The minimum Gasteiger partial charge on any atom is -0.467 e. The third kappa shape index (κ3) is 5.59. The van der Waals surface area contributed by atoms with Crippen LogP contribution in [0.4, 0.5) is 13.2 Å². The van der Waals surface area contributed by atoms with E-state index in [1.807, 2.05) is 0 Å². The molecule has 0 saturated carbocycles. The average molecular weight is 334 g/mol. The molecule has 128 valence electrons. The van der Waals surface area contributed by atoms with Crippen LogP contribution in [-0.2, 0) is 20.9 Å². The number of ether oxygens (including phenoxy) is 1. The molecule has 1 fully saturated rings. The zero-order valence-corrected chi connectivity index (χ0v) is 12.3. The summed E-state index contributed by atoms with van der Waals surface area (Å²) in [7, 11) is 0. The molecule has 2 amide bonds. The highest BCUT2D eigenvalue weighted by atomic mass is 19.4. The van der Waals surface area contributed by atoms with E-state index in [0.29, 0.717) is 12.3 Å². The van der Waals surface area contributed by atoms with Gasteiger partial charge in [0.25, 0.3) is 0 Å². The first-order chi connectivity index (χ1) is 10.8. The molecule has 1 aromatic rings. The summed E-state index contributed by atoms with van der Waals surface area (Å²) in [4.78, 5) is 25.3. The third-order valence-electron chi connectivity index (χ3n) is 3.32. The molecule has 2 rings (SSSR count). The molecule has 1 atom stereocenters. The van der Waals surface area contributed by atoms with Crippen molar-refractivity contribution < 1.29 is 31.9 Å². The minimum absolute atomic E-state index is 0.0300. The lowest BCUT2D eigenvalue weighted by Crippen LogP contribution is -2.35. The Bertz CT molecular complexity index is 531. The van der Waals surface area contributed by atoms with E-state index in [1.165, 1.54) is 11.2 Å².